The van der Waals surface area contributed by atoms with Gasteiger partial charge in [0.05, 0.1) is 22.9 Å². The number of anilines is 2. The minimum atomic E-state index is -0.576. The van der Waals surface area contributed by atoms with Gasteiger partial charge in [-0.1, -0.05) is 11.6 Å². The maximum absolute atomic E-state index is 13.3. The van der Waals surface area contributed by atoms with Crippen LogP contribution in [0, 0.1) is 17.0 Å². The van der Waals surface area contributed by atoms with Gasteiger partial charge in [0.2, 0.25) is 5.91 Å². The van der Waals surface area contributed by atoms with Gasteiger partial charge < -0.3 is 9.64 Å². The average molecular weight is 446 g/mol. The summed E-state index contributed by atoms with van der Waals surface area (Å²) >= 11 is 6.13. The lowest BCUT2D eigenvalue weighted by Gasteiger charge is -2.25. The molecule has 0 unspecified atom stereocenters. The highest BCUT2D eigenvalue weighted by molar-refractivity contribution is 6.31. The Morgan fingerprint density at radius 3 is 2.58 bits per heavy atom. The Balaban J connectivity index is 2.02. The minimum absolute atomic E-state index is 0.0244. The Morgan fingerprint density at radius 1 is 1.19 bits per heavy atom. The van der Waals surface area contributed by atoms with E-state index < -0.39 is 16.8 Å². The first kappa shape index (κ1) is 22.2. The van der Waals surface area contributed by atoms with Gasteiger partial charge in [-0.2, -0.15) is 0 Å². The Kier molecular flexibility index (Phi) is 6.55. The summed E-state index contributed by atoms with van der Waals surface area (Å²) in [5, 5.41) is 11.4. The molecule has 0 fully saturated rings. The molecule has 0 saturated carbocycles. The minimum Gasteiger partial charge on any atom is -0.465 e. The third-order valence-corrected chi connectivity index (χ3v) is 5.08. The van der Waals surface area contributed by atoms with Crippen LogP contribution in [0.25, 0.3) is 0 Å². The zero-order chi connectivity index (χ0) is 22.7. The fraction of sp³-hybridized carbons (Fsp3) is 0.286. The Labute approximate surface area is 183 Å². The molecule has 0 N–H and O–H groups in total. The molecule has 1 aliphatic heterocycles. The second-order valence-electron chi connectivity index (χ2n) is 6.88. The monoisotopic (exact) mass is 445 g/mol. The highest BCUT2D eigenvalue weighted by Gasteiger charge is 2.31. The van der Waals surface area contributed by atoms with Gasteiger partial charge in [-0.05, 0) is 44.2 Å². The number of nitro benzene ring substituents is 1. The summed E-state index contributed by atoms with van der Waals surface area (Å²) in [5.41, 5.74) is 1.23. The number of rotatable bonds is 5. The number of halogens is 1. The van der Waals surface area contributed by atoms with Gasteiger partial charge in [-0.3, -0.25) is 29.4 Å². The summed E-state index contributed by atoms with van der Waals surface area (Å²) in [5.74, 6) is -1.35. The summed E-state index contributed by atoms with van der Waals surface area (Å²) < 4.78 is 4.96. The van der Waals surface area contributed by atoms with Crippen molar-refractivity contribution in [1.82, 2.24) is 0 Å². The predicted octanol–water partition coefficient (Wildman–Crippen LogP) is 3.50. The second-order valence-corrected chi connectivity index (χ2v) is 7.32. The van der Waals surface area contributed by atoms with Crippen LogP contribution in [0.2, 0.25) is 5.02 Å². The number of ether oxygens (including phenoxy) is 1. The molecule has 162 valence electrons. The molecule has 1 aliphatic rings. The molecule has 0 saturated heterocycles. The number of fused-ring (bicyclic) bond motifs is 1. The van der Waals surface area contributed by atoms with Crippen LogP contribution in [0.15, 0.2) is 36.4 Å². The van der Waals surface area contributed by atoms with Gasteiger partial charge in [0.15, 0.2) is 0 Å². The maximum atomic E-state index is 13.3. The number of esters is 1. The molecule has 9 nitrogen and oxygen atoms in total. The lowest BCUT2D eigenvalue weighted by Crippen LogP contribution is -2.36. The SMILES string of the molecule is CCOC(=O)CN1C(=O)CCN(C(=O)c2ccc([N+](=O)[O-])c(C)c2)c2ccc(Cl)cc21. The third kappa shape index (κ3) is 4.66. The zero-order valence-corrected chi connectivity index (χ0v) is 17.7. The number of hydrogen-bond donors (Lipinski definition) is 0. The van der Waals surface area contributed by atoms with Crippen LogP contribution < -0.4 is 9.80 Å². The van der Waals surface area contributed by atoms with E-state index in [1.165, 1.54) is 34.1 Å². The number of benzene rings is 2. The maximum Gasteiger partial charge on any atom is 0.326 e. The molecule has 10 heteroatoms. The van der Waals surface area contributed by atoms with E-state index in [2.05, 4.69) is 0 Å². The van der Waals surface area contributed by atoms with Crippen LogP contribution in [0.1, 0.15) is 29.3 Å². The smallest absolute Gasteiger partial charge is 0.326 e. The largest absolute Gasteiger partial charge is 0.465 e. The van der Waals surface area contributed by atoms with Gasteiger partial charge in [0.25, 0.3) is 11.6 Å². The fourth-order valence-electron chi connectivity index (χ4n) is 3.41. The lowest BCUT2D eigenvalue weighted by molar-refractivity contribution is -0.385. The topological polar surface area (TPSA) is 110 Å². The van der Waals surface area contributed by atoms with Gasteiger partial charge in [0, 0.05) is 35.2 Å². The van der Waals surface area contributed by atoms with E-state index in [1.54, 1.807) is 26.0 Å². The number of nitro groups is 1. The summed E-state index contributed by atoms with van der Waals surface area (Å²) in [6.07, 6.45) is -0.0244. The first-order valence-corrected chi connectivity index (χ1v) is 9.93. The molecule has 0 radical (unpaired) electrons. The molecule has 0 aliphatic carbocycles. The predicted molar refractivity (Wildman–Crippen MR) is 115 cm³/mol. The van der Waals surface area contributed by atoms with E-state index in [0.29, 0.717) is 22.0 Å². The van der Waals surface area contributed by atoms with E-state index in [-0.39, 0.29) is 43.3 Å². The zero-order valence-electron chi connectivity index (χ0n) is 17.0. The quantitative estimate of drug-likeness (QED) is 0.395. The molecule has 31 heavy (non-hydrogen) atoms. The molecule has 1 heterocycles. The standard InChI is InChI=1S/C21H20ClN3O6/c1-3-31-20(27)12-24-18-11-15(22)5-7-17(18)23(9-8-19(24)26)21(28)14-4-6-16(25(29)30)13(2)10-14/h4-7,10-11H,3,8-9,12H2,1-2H3. The van der Waals surface area contributed by atoms with E-state index in [1.807, 2.05) is 0 Å². The second kappa shape index (κ2) is 9.13. The number of amides is 2. The number of carbonyl (C=O) groups excluding carboxylic acids is 3. The molecule has 0 bridgehead atoms. The Morgan fingerprint density at radius 2 is 1.94 bits per heavy atom. The molecular weight excluding hydrogens is 426 g/mol. The van der Waals surface area contributed by atoms with E-state index in [9.17, 15) is 24.5 Å². The molecule has 2 aromatic carbocycles. The van der Waals surface area contributed by atoms with Crippen LogP contribution in [-0.2, 0) is 14.3 Å². The Hall–Kier alpha value is -3.46. The first-order chi connectivity index (χ1) is 14.7. The van der Waals surface area contributed by atoms with E-state index in [0.717, 1.165) is 0 Å². The van der Waals surface area contributed by atoms with Gasteiger partial charge in [-0.25, -0.2) is 0 Å². The van der Waals surface area contributed by atoms with Crippen molar-refractivity contribution in [2.75, 3.05) is 29.5 Å². The van der Waals surface area contributed by atoms with Crippen LogP contribution in [0.4, 0.5) is 17.1 Å². The lowest BCUT2D eigenvalue weighted by atomic mass is 10.1. The first-order valence-electron chi connectivity index (χ1n) is 9.55. The van der Waals surface area contributed by atoms with Crippen molar-refractivity contribution in [3.8, 4) is 0 Å². The summed E-state index contributed by atoms with van der Waals surface area (Å²) in [7, 11) is 0. The Bertz CT molecular complexity index is 1070. The molecule has 2 amide bonds. The van der Waals surface area contributed by atoms with Crippen molar-refractivity contribution >= 4 is 46.4 Å². The number of aryl methyl sites for hydroxylation is 1. The van der Waals surface area contributed by atoms with Crippen molar-refractivity contribution in [3.63, 3.8) is 0 Å². The van der Waals surface area contributed by atoms with Crippen LogP contribution >= 0.6 is 11.6 Å². The molecular formula is C21H20ClN3O6. The number of carbonyl (C=O) groups is 3. The molecule has 2 aromatic rings. The molecule has 0 aromatic heterocycles. The van der Waals surface area contributed by atoms with E-state index >= 15 is 0 Å². The van der Waals surface area contributed by atoms with Crippen LogP contribution in [-0.4, -0.2) is 42.4 Å². The average Bonchev–Trinajstić information content (AvgIpc) is 2.84. The fourth-order valence-corrected chi connectivity index (χ4v) is 3.57. The number of nitrogens with zero attached hydrogens (tertiary/aromatic N) is 3. The van der Waals surface area contributed by atoms with E-state index in [4.69, 9.17) is 16.3 Å². The summed E-state index contributed by atoms with van der Waals surface area (Å²) in [6.45, 7) is 3.16. The van der Waals surface area contributed by atoms with Crippen LogP contribution in [0.5, 0.6) is 0 Å². The third-order valence-electron chi connectivity index (χ3n) is 4.85. The molecule has 0 spiro atoms. The molecule has 0 atom stereocenters. The summed E-state index contributed by atoms with van der Waals surface area (Å²) in [4.78, 5) is 51.3. The van der Waals surface area contributed by atoms with Crippen molar-refractivity contribution in [2.45, 2.75) is 20.3 Å². The highest BCUT2D eigenvalue weighted by atomic mass is 35.5. The molecule has 3 rings (SSSR count). The van der Waals surface area contributed by atoms with Crippen molar-refractivity contribution in [2.24, 2.45) is 0 Å². The van der Waals surface area contributed by atoms with Gasteiger partial charge >= 0.3 is 5.97 Å². The van der Waals surface area contributed by atoms with Crippen molar-refractivity contribution in [1.29, 1.82) is 0 Å². The van der Waals surface area contributed by atoms with Crippen molar-refractivity contribution < 1.29 is 24.0 Å². The van der Waals surface area contributed by atoms with Crippen LogP contribution in [0.3, 0.4) is 0 Å². The number of hydrogen-bond acceptors (Lipinski definition) is 6. The normalized spacial score (nSPS) is 13.5. The van der Waals surface area contributed by atoms with Gasteiger partial charge in [-0.15, -0.1) is 0 Å². The van der Waals surface area contributed by atoms with Gasteiger partial charge in [0.1, 0.15) is 6.54 Å². The van der Waals surface area contributed by atoms with Crippen molar-refractivity contribution in [3.05, 3.63) is 62.7 Å². The summed E-state index contributed by atoms with van der Waals surface area (Å²) in [6, 6.07) is 8.80. The highest BCUT2D eigenvalue weighted by Crippen LogP contribution is 2.36.